The van der Waals surface area contributed by atoms with Crippen molar-refractivity contribution in [1.29, 1.82) is 0 Å². The van der Waals surface area contributed by atoms with Gasteiger partial charge in [0.25, 0.3) is 0 Å². The molecule has 0 amide bonds. The Hall–Kier alpha value is -0.961. The first-order chi connectivity index (χ1) is 6.43. The SMILES string of the molecule is S=Cn1cccc1.[Cu].c1ccncc1. The predicted molar refractivity (Wildman–Crippen MR) is 57.7 cm³/mol. The summed E-state index contributed by atoms with van der Waals surface area (Å²) in [7, 11) is 0. The number of rotatable bonds is 1. The third-order valence-electron chi connectivity index (χ3n) is 1.32. The van der Waals surface area contributed by atoms with Crippen LogP contribution in [0.25, 0.3) is 0 Å². The van der Waals surface area contributed by atoms with Crippen molar-refractivity contribution in [1.82, 2.24) is 9.55 Å². The van der Waals surface area contributed by atoms with Crippen LogP contribution in [-0.4, -0.2) is 15.0 Å². The van der Waals surface area contributed by atoms with Crippen molar-refractivity contribution in [3.05, 3.63) is 55.1 Å². The van der Waals surface area contributed by atoms with E-state index in [-0.39, 0.29) is 17.1 Å². The molecule has 1 radical (unpaired) electrons. The van der Waals surface area contributed by atoms with E-state index in [1.165, 1.54) is 0 Å². The standard InChI is InChI=1S/C5H5NS.C5H5N.Cu/c7-5-6-3-1-2-4-6;1-2-4-6-5-3-1;/h1-5H;1-5H;. The van der Waals surface area contributed by atoms with Gasteiger partial charge in [-0.05, 0) is 24.3 Å². The number of hydrogen-bond acceptors (Lipinski definition) is 2. The molecule has 0 atom stereocenters. The first-order valence-electron chi connectivity index (χ1n) is 3.86. The van der Waals surface area contributed by atoms with Crippen LogP contribution in [0.1, 0.15) is 0 Å². The molecule has 0 aromatic carbocycles. The molecule has 0 bridgehead atoms. The molecule has 14 heavy (non-hydrogen) atoms. The van der Waals surface area contributed by atoms with E-state index in [1.54, 1.807) is 17.9 Å². The normalized spacial score (nSPS) is 7.71. The summed E-state index contributed by atoms with van der Waals surface area (Å²) in [5, 5.41) is 0. The van der Waals surface area contributed by atoms with Crippen LogP contribution in [0.2, 0.25) is 0 Å². The van der Waals surface area contributed by atoms with Crippen molar-refractivity contribution < 1.29 is 17.1 Å². The van der Waals surface area contributed by atoms with Crippen molar-refractivity contribution >= 4 is 17.7 Å². The molecule has 0 N–H and O–H groups in total. The van der Waals surface area contributed by atoms with Gasteiger partial charge in [-0.3, -0.25) is 4.98 Å². The molecule has 2 aromatic heterocycles. The average molecular weight is 254 g/mol. The molecule has 77 valence electrons. The van der Waals surface area contributed by atoms with Gasteiger partial charge in [0.1, 0.15) is 0 Å². The molecule has 0 fully saturated rings. The summed E-state index contributed by atoms with van der Waals surface area (Å²) in [5.74, 6) is 0. The molecule has 2 nitrogen and oxygen atoms in total. The van der Waals surface area contributed by atoms with Gasteiger partial charge in [-0.2, -0.15) is 0 Å². The Morgan fingerprint density at radius 2 is 1.50 bits per heavy atom. The van der Waals surface area contributed by atoms with E-state index in [1.807, 2.05) is 47.3 Å². The van der Waals surface area contributed by atoms with E-state index in [2.05, 4.69) is 17.2 Å². The van der Waals surface area contributed by atoms with Gasteiger partial charge in [0.05, 0.1) is 5.49 Å². The van der Waals surface area contributed by atoms with Crippen molar-refractivity contribution in [3.8, 4) is 0 Å². The number of pyridine rings is 1. The maximum atomic E-state index is 4.61. The first-order valence-corrected chi connectivity index (χ1v) is 4.33. The van der Waals surface area contributed by atoms with Gasteiger partial charge in [0.15, 0.2) is 0 Å². The molecule has 0 aliphatic carbocycles. The smallest absolute Gasteiger partial charge is 0.0721 e. The Labute approximate surface area is 99.5 Å². The van der Waals surface area contributed by atoms with Gasteiger partial charge in [-0.15, -0.1) is 0 Å². The van der Waals surface area contributed by atoms with Crippen molar-refractivity contribution in [3.63, 3.8) is 0 Å². The number of thiocarbonyl (C=S) groups is 1. The zero-order valence-corrected chi connectivity index (χ0v) is 9.14. The van der Waals surface area contributed by atoms with E-state index in [0.29, 0.717) is 0 Å². The van der Waals surface area contributed by atoms with Gasteiger partial charge in [0, 0.05) is 41.9 Å². The summed E-state index contributed by atoms with van der Waals surface area (Å²) >= 11 is 4.61. The molecule has 0 saturated heterocycles. The Morgan fingerprint density at radius 3 is 1.71 bits per heavy atom. The first kappa shape index (κ1) is 13.0. The van der Waals surface area contributed by atoms with Crippen LogP contribution in [0.15, 0.2) is 55.1 Å². The molecule has 0 spiro atoms. The van der Waals surface area contributed by atoms with Crippen LogP contribution in [0.4, 0.5) is 0 Å². The minimum atomic E-state index is 0. The molecule has 2 rings (SSSR count). The van der Waals surface area contributed by atoms with Gasteiger partial charge in [-0.1, -0.05) is 18.3 Å². The molecule has 0 aliphatic rings. The third-order valence-corrected chi connectivity index (χ3v) is 1.56. The number of hydrogen-bond donors (Lipinski definition) is 0. The second-order valence-electron chi connectivity index (χ2n) is 2.26. The van der Waals surface area contributed by atoms with Gasteiger partial charge in [-0.25, -0.2) is 0 Å². The van der Waals surface area contributed by atoms with Crippen LogP contribution in [0.5, 0.6) is 0 Å². The van der Waals surface area contributed by atoms with Crippen molar-refractivity contribution in [2.24, 2.45) is 0 Å². The predicted octanol–water partition coefficient (Wildman–Crippen LogP) is 2.37. The largest absolute Gasteiger partial charge is 0.321 e. The molecular formula is C10H10CuN2S. The molecule has 2 aromatic rings. The molecule has 0 saturated carbocycles. The van der Waals surface area contributed by atoms with E-state index >= 15 is 0 Å². The fraction of sp³-hybridized carbons (Fsp3) is 0. The summed E-state index contributed by atoms with van der Waals surface area (Å²) in [6.07, 6.45) is 7.29. The zero-order chi connectivity index (χ0) is 9.36. The maximum absolute atomic E-state index is 4.61. The summed E-state index contributed by atoms with van der Waals surface area (Å²) in [4.78, 5) is 3.78. The topological polar surface area (TPSA) is 17.8 Å². The molecule has 0 unspecified atom stereocenters. The zero-order valence-electron chi connectivity index (χ0n) is 7.38. The van der Waals surface area contributed by atoms with E-state index in [9.17, 15) is 0 Å². The van der Waals surface area contributed by atoms with E-state index < -0.39 is 0 Å². The Balaban J connectivity index is 0.000000227. The Bertz CT molecular complexity index is 294. The van der Waals surface area contributed by atoms with Crippen LogP contribution in [-0.2, 0) is 17.1 Å². The van der Waals surface area contributed by atoms with Crippen LogP contribution in [0, 0.1) is 0 Å². The van der Waals surface area contributed by atoms with Crippen LogP contribution in [0.3, 0.4) is 0 Å². The summed E-state index contributed by atoms with van der Waals surface area (Å²) in [6.45, 7) is 0. The Kier molecular flexibility index (Phi) is 8.04. The minimum Gasteiger partial charge on any atom is -0.321 e. The number of nitrogens with zero attached hydrogens (tertiary/aromatic N) is 2. The second kappa shape index (κ2) is 8.63. The average Bonchev–Trinajstić information content (AvgIpc) is 2.74. The van der Waals surface area contributed by atoms with Crippen LogP contribution < -0.4 is 0 Å². The van der Waals surface area contributed by atoms with E-state index in [4.69, 9.17) is 0 Å². The quantitative estimate of drug-likeness (QED) is 0.574. The summed E-state index contributed by atoms with van der Waals surface area (Å²) < 4.78 is 1.81. The van der Waals surface area contributed by atoms with Crippen molar-refractivity contribution in [2.45, 2.75) is 0 Å². The van der Waals surface area contributed by atoms with Gasteiger partial charge in [0.2, 0.25) is 0 Å². The van der Waals surface area contributed by atoms with Crippen LogP contribution >= 0.6 is 12.2 Å². The van der Waals surface area contributed by atoms with E-state index in [0.717, 1.165) is 0 Å². The van der Waals surface area contributed by atoms with Gasteiger partial charge >= 0.3 is 0 Å². The molecular weight excluding hydrogens is 244 g/mol. The molecule has 0 aliphatic heterocycles. The second-order valence-corrected chi connectivity index (χ2v) is 2.47. The summed E-state index contributed by atoms with van der Waals surface area (Å²) in [6, 6.07) is 9.58. The van der Waals surface area contributed by atoms with Crippen molar-refractivity contribution in [2.75, 3.05) is 0 Å². The monoisotopic (exact) mass is 253 g/mol. The minimum absolute atomic E-state index is 0. The molecule has 2 heterocycles. The Morgan fingerprint density at radius 1 is 0.929 bits per heavy atom. The summed E-state index contributed by atoms with van der Waals surface area (Å²) in [5.41, 5.74) is 1.58. The fourth-order valence-corrected chi connectivity index (χ4v) is 0.871. The number of aromatic nitrogens is 2. The fourth-order valence-electron chi connectivity index (χ4n) is 0.731. The third kappa shape index (κ3) is 5.65. The molecule has 4 heteroatoms. The maximum Gasteiger partial charge on any atom is 0.0721 e. The van der Waals surface area contributed by atoms with Gasteiger partial charge < -0.3 is 4.57 Å².